The number of nitrogens with one attached hydrogen (secondary N) is 3. The lowest BCUT2D eigenvalue weighted by molar-refractivity contribution is -0.138. The van der Waals surface area contributed by atoms with Crippen molar-refractivity contribution < 1.29 is 14.3 Å². The predicted octanol–water partition coefficient (Wildman–Crippen LogP) is 3.14. The fourth-order valence-corrected chi connectivity index (χ4v) is 4.09. The van der Waals surface area contributed by atoms with E-state index < -0.39 is 5.97 Å². The van der Waals surface area contributed by atoms with Gasteiger partial charge >= 0.3 is 5.97 Å². The third-order valence-corrected chi connectivity index (χ3v) is 5.37. The summed E-state index contributed by atoms with van der Waals surface area (Å²) in [4.78, 5) is 25.5. The fourth-order valence-electron chi connectivity index (χ4n) is 4.09. The van der Waals surface area contributed by atoms with Crippen LogP contribution in [0.25, 0.3) is 0 Å². The number of para-hydroxylation sites is 2. The first kappa shape index (κ1) is 17.4. The van der Waals surface area contributed by atoms with Gasteiger partial charge in [-0.1, -0.05) is 30.9 Å². The van der Waals surface area contributed by atoms with Crippen LogP contribution in [0.4, 0.5) is 11.4 Å². The van der Waals surface area contributed by atoms with Crippen LogP contribution in [0.15, 0.2) is 60.1 Å². The summed E-state index contributed by atoms with van der Waals surface area (Å²) >= 11 is 0. The molecule has 140 valence electrons. The van der Waals surface area contributed by atoms with E-state index in [1.54, 1.807) is 6.92 Å². The van der Waals surface area contributed by atoms with Gasteiger partial charge in [0.2, 0.25) is 5.91 Å². The van der Waals surface area contributed by atoms with Crippen molar-refractivity contribution in [2.45, 2.75) is 19.8 Å². The Balaban J connectivity index is 1.66. The molecule has 1 aromatic carbocycles. The summed E-state index contributed by atoms with van der Waals surface area (Å²) in [6, 6.07) is 7.51. The molecule has 0 saturated heterocycles. The van der Waals surface area contributed by atoms with Gasteiger partial charge < -0.3 is 20.7 Å². The number of fused-ring (bicyclic) bond motifs is 3. The maximum Gasteiger partial charge on any atom is 0.343 e. The molecule has 0 spiro atoms. The number of allylic oxidation sites excluding steroid dienone is 2. The molecule has 6 heteroatoms. The first-order valence-electron chi connectivity index (χ1n) is 9.29. The summed E-state index contributed by atoms with van der Waals surface area (Å²) in [5.41, 5.74) is 2.12. The van der Waals surface area contributed by atoms with E-state index in [4.69, 9.17) is 4.74 Å². The summed E-state index contributed by atoms with van der Waals surface area (Å²) < 4.78 is 5.19. The third-order valence-electron chi connectivity index (χ3n) is 5.37. The molecular weight excluding hydrogens is 342 g/mol. The highest BCUT2D eigenvalue weighted by atomic mass is 16.5. The number of carbonyl (C=O) groups is 2. The lowest BCUT2D eigenvalue weighted by atomic mass is 9.93. The van der Waals surface area contributed by atoms with Gasteiger partial charge in [0, 0.05) is 11.6 Å². The Kier molecular flexibility index (Phi) is 4.48. The number of ether oxygens (including phenoxy) is 1. The molecule has 0 aromatic heterocycles. The summed E-state index contributed by atoms with van der Waals surface area (Å²) in [6.45, 7) is 5.96. The molecule has 2 aliphatic carbocycles. The molecule has 4 rings (SSSR count). The van der Waals surface area contributed by atoms with Crippen LogP contribution in [-0.4, -0.2) is 18.5 Å². The van der Waals surface area contributed by atoms with Crippen LogP contribution in [0.2, 0.25) is 0 Å². The van der Waals surface area contributed by atoms with E-state index in [2.05, 4.69) is 34.7 Å². The van der Waals surface area contributed by atoms with E-state index in [1.165, 1.54) is 0 Å². The molecular formula is C21H23N3O3. The standard InChI is InChI=1S/C21H23N3O3/c1-3-27-21(26)18-12(2)22-16-6-4-5-7-17(16)23-19(18)24-20(25)15-11-13-8-9-14(15)10-13/h4-9,13-15,22-23H,2-3,10-11H2,1H3,(H,24,25)/t13-,14+,15+/m1/s1. The highest BCUT2D eigenvalue weighted by molar-refractivity contribution is 5.99. The van der Waals surface area contributed by atoms with Gasteiger partial charge in [-0.3, -0.25) is 4.79 Å². The Morgan fingerprint density at radius 1 is 1.19 bits per heavy atom. The SMILES string of the molecule is C=C1Nc2ccccc2NC(NC(=O)[C@H]2C[C@@H]3C=C[C@H]2C3)=C1C(=O)OCC. The topological polar surface area (TPSA) is 79.5 Å². The van der Waals surface area contributed by atoms with E-state index in [9.17, 15) is 9.59 Å². The van der Waals surface area contributed by atoms with Gasteiger partial charge in [0.25, 0.3) is 0 Å². The Bertz CT molecular complexity index is 871. The second-order valence-electron chi connectivity index (χ2n) is 7.12. The summed E-state index contributed by atoms with van der Waals surface area (Å²) in [7, 11) is 0. The van der Waals surface area contributed by atoms with Crippen LogP contribution in [0.5, 0.6) is 0 Å². The number of hydrogen-bond donors (Lipinski definition) is 3. The Morgan fingerprint density at radius 2 is 1.93 bits per heavy atom. The predicted molar refractivity (Wildman–Crippen MR) is 103 cm³/mol. The Morgan fingerprint density at radius 3 is 2.56 bits per heavy atom. The lowest BCUT2D eigenvalue weighted by Crippen LogP contribution is -2.36. The largest absolute Gasteiger partial charge is 0.462 e. The molecule has 3 atom stereocenters. The first-order valence-corrected chi connectivity index (χ1v) is 9.29. The van der Waals surface area contributed by atoms with Gasteiger partial charge in [-0.2, -0.15) is 0 Å². The number of anilines is 2. The number of amides is 1. The van der Waals surface area contributed by atoms with Crippen molar-refractivity contribution in [3.8, 4) is 0 Å². The molecule has 3 aliphatic rings. The molecule has 27 heavy (non-hydrogen) atoms. The number of benzene rings is 1. The molecule has 0 radical (unpaired) electrons. The van der Waals surface area contributed by atoms with Crippen molar-refractivity contribution in [2.24, 2.45) is 17.8 Å². The first-order chi connectivity index (χ1) is 13.1. The fraction of sp³-hybridized carbons (Fsp3) is 0.333. The van der Waals surface area contributed by atoms with Crippen LogP contribution < -0.4 is 16.0 Å². The molecule has 2 bridgehead atoms. The average Bonchev–Trinajstić information content (AvgIpc) is 3.23. The molecule has 1 amide bonds. The van der Waals surface area contributed by atoms with Gasteiger partial charge in [0.15, 0.2) is 0 Å². The zero-order valence-electron chi connectivity index (χ0n) is 15.2. The molecule has 1 aliphatic heterocycles. The Labute approximate surface area is 158 Å². The zero-order chi connectivity index (χ0) is 19.0. The molecule has 3 N–H and O–H groups in total. The van der Waals surface area contributed by atoms with Crippen LogP contribution in [0.1, 0.15) is 19.8 Å². The average molecular weight is 365 g/mol. The molecule has 1 fully saturated rings. The minimum atomic E-state index is -0.529. The molecule has 1 saturated carbocycles. The monoisotopic (exact) mass is 365 g/mol. The quantitative estimate of drug-likeness (QED) is 0.564. The van der Waals surface area contributed by atoms with Crippen LogP contribution in [-0.2, 0) is 14.3 Å². The lowest BCUT2D eigenvalue weighted by Gasteiger charge is -2.21. The highest BCUT2D eigenvalue weighted by Gasteiger charge is 2.40. The van der Waals surface area contributed by atoms with Crippen LogP contribution >= 0.6 is 0 Å². The van der Waals surface area contributed by atoms with Crippen molar-refractivity contribution >= 4 is 23.3 Å². The summed E-state index contributed by atoms with van der Waals surface area (Å²) in [5.74, 6) is 0.400. The second-order valence-corrected chi connectivity index (χ2v) is 7.12. The van der Waals surface area contributed by atoms with Gasteiger partial charge in [0.1, 0.15) is 11.4 Å². The third kappa shape index (κ3) is 3.23. The van der Waals surface area contributed by atoms with Crippen molar-refractivity contribution in [2.75, 3.05) is 17.2 Å². The second kappa shape index (κ2) is 6.95. The summed E-state index contributed by atoms with van der Waals surface area (Å²) in [6.07, 6.45) is 6.22. The van der Waals surface area contributed by atoms with Gasteiger partial charge in [-0.05, 0) is 43.7 Å². The minimum absolute atomic E-state index is 0.0718. The molecule has 1 aromatic rings. The van der Waals surface area contributed by atoms with Gasteiger partial charge in [-0.15, -0.1) is 0 Å². The van der Waals surface area contributed by atoms with E-state index in [-0.39, 0.29) is 29.9 Å². The van der Waals surface area contributed by atoms with Crippen molar-refractivity contribution in [1.29, 1.82) is 0 Å². The van der Waals surface area contributed by atoms with Crippen molar-refractivity contribution in [3.63, 3.8) is 0 Å². The van der Waals surface area contributed by atoms with Crippen molar-refractivity contribution in [1.82, 2.24) is 5.32 Å². The molecule has 1 heterocycles. The van der Waals surface area contributed by atoms with Crippen LogP contribution in [0.3, 0.4) is 0 Å². The normalized spacial score (nSPS) is 25.4. The Hall–Kier alpha value is -3.02. The molecule has 0 unspecified atom stereocenters. The van der Waals surface area contributed by atoms with E-state index >= 15 is 0 Å². The smallest absolute Gasteiger partial charge is 0.343 e. The number of hydrogen-bond acceptors (Lipinski definition) is 5. The maximum absolute atomic E-state index is 12.9. The summed E-state index contributed by atoms with van der Waals surface area (Å²) in [5, 5.41) is 9.26. The maximum atomic E-state index is 12.9. The van der Waals surface area contributed by atoms with Crippen LogP contribution in [0, 0.1) is 17.8 Å². The number of rotatable bonds is 4. The minimum Gasteiger partial charge on any atom is -0.462 e. The van der Waals surface area contributed by atoms with E-state index in [0.717, 1.165) is 24.2 Å². The molecule has 6 nitrogen and oxygen atoms in total. The zero-order valence-corrected chi connectivity index (χ0v) is 15.2. The number of esters is 1. The van der Waals surface area contributed by atoms with Gasteiger partial charge in [-0.25, -0.2) is 4.79 Å². The van der Waals surface area contributed by atoms with E-state index in [1.807, 2.05) is 24.3 Å². The number of carbonyl (C=O) groups excluding carboxylic acids is 2. The van der Waals surface area contributed by atoms with E-state index in [0.29, 0.717) is 17.4 Å². The van der Waals surface area contributed by atoms with Gasteiger partial charge in [0.05, 0.1) is 18.0 Å². The highest BCUT2D eigenvalue weighted by Crippen LogP contribution is 2.43. The van der Waals surface area contributed by atoms with Crippen molar-refractivity contribution in [3.05, 3.63) is 60.1 Å².